The molecule has 2 aliphatic rings. The van der Waals surface area contributed by atoms with Crippen LogP contribution >= 0.6 is 11.3 Å². The van der Waals surface area contributed by atoms with Crippen LogP contribution in [0.15, 0.2) is 17.5 Å². The van der Waals surface area contributed by atoms with Crippen LogP contribution in [-0.2, 0) is 14.3 Å². The number of carbonyl (C=O) groups excluding carboxylic acids is 3. The number of rotatable bonds is 5. The van der Waals surface area contributed by atoms with Crippen LogP contribution in [-0.4, -0.2) is 53.8 Å². The molecule has 6 nitrogen and oxygen atoms in total. The van der Waals surface area contributed by atoms with Gasteiger partial charge in [-0.25, -0.2) is 0 Å². The van der Waals surface area contributed by atoms with Gasteiger partial charge in [0.25, 0.3) is 5.91 Å². The number of likely N-dealkylation sites (tertiary alicyclic amines) is 1. The highest BCUT2D eigenvalue weighted by Crippen LogP contribution is 2.27. The molecule has 3 rings (SSSR count). The molecule has 1 N–H and O–H groups in total. The molecule has 0 saturated carbocycles. The maximum Gasteiger partial charge on any atom is 0.261 e. The van der Waals surface area contributed by atoms with Gasteiger partial charge in [-0.05, 0) is 36.6 Å². The Balaban J connectivity index is 1.76. The van der Waals surface area contributed by atoms with E-state index in [1.165, 1.54) is 11.3 Å². The van der Waals surface area contributed by atoms with Crippen LogP contribution in [0.4, 0.5) is 0 Å². The molecule has 0 spiro atoms. The van der Waals surface area contributed by atoms with Crippen molar-refractivity contribution < 1.29 is 19.1 Å². The number of ketones is 1. The summed E-state index contributed by atoms with van der Waals surface area (Å²) >= 11 is 1.34. The summed E-state index contributed by atoms with van der Waals surface area (Å²) in [5.74, 6) is -0.205. The van der Waals surface area contributed by atoms with Gasteiger partial charge in [-0.3, -0.25) is 14.4 Å². The van der Waals surface area contributed by atoms with E-state index in [4.69, 9.17) is 4.74 Å². The van der Waals surface area contributed by atoms with Crippen molar-refractivity contribution in [3.8, 4) is 0 Å². The topological polar surface area (TPSA) is 75.7 Å². The van der Waals surface area contributed by atoms with Gasteiger partial charge in [0.2, 0.25) is 5.91 Å². The molecule has 0 radical (unpaired) electrons. The van der Waals surface area contributed by atoms with E-state index < -0.39 is 12.1 Å². The SMILES string of the molecule is CC(C)CC(NC(=O)c1cccs1)C(=O)N1CCCC2OCC(=O)C21. The molecule has 25 heavy (non-hydrogen) atoms. The largest absolute Gasteiger partial charge is 0.368 e. The first-order valence-electron chi connectivity index (χ1n) is 8.76. The highest BCUT2D eigenvalue weighted by Gasteiger charge is 2.45. The Hall–Kier alpha value is -1.73. The molecule has 2 aliphatic heterocycles. The molecule has 3 atom stereocenters. The van der Waals surface area contributed by atoms with Gasteiger partial charge in [-0.15, -0.1) is 11.3 Å². The molecular weight excluding hydrogens is 340 g/mol. The first kappa shape index (κ1) is 18.1. The van der Waals surface area contributed by atoms with Crippen molar-refractivity contribution in [3.63, 3.8) is 0 Å². The van der Waals surface area contributed by atoms with E-state index in [1.807, 2.05) is 25.3 Å². The van der Waals surface area contributed by atoms with Crippen molar-refractivity contribution in [2.24, 2.45) is 5.92 Å². The molecule has 3 unspecified atom stereocenters. The average Bonchev–Trinajstić information content (AvgIpc) is 3.23. The summed E-state index contributed by atoms with van der Waals surface area (Å²) in [5, 5.41) is 4.70. The Morgan fingerprint density at radius 3 is 2.92 bits per heavy atom. The zero-order valence-corrected chi connectivity index (χ0v) is 15.4. The highest BCUT2D eigenvalue weighted by molar-refractivity contribution is 7.12. The Bertz CT molecular complexity index is 644. The Morgan fingerprint density at radius 1 is 1.44 bits per heavy atom. The number of fused-ring (bicyclic) bond motifs is 1. The average molecular weight is 364 g/mol. The standard InChI is InChI=1S/C18H24N2O4S/c1-11(2)9-12(19-17(22)15-6-4-8-25-15)18(23)20-7-3-5-14-16(20)13(21)10-24-14/h4,6,8,11-12,14,16H,3,5,7,9-10H2,1-2H3,(H,19,22). The smallest absolute Gasteiger partial charge is 0.261 e. The van der Waals surface area contributed by atoms with Crippen LogP contribution in [0.2, 0.25) is 0 Å². The molecule has 2 amide bonds. The number of nitrogens with one attached hydrogen (secondary N) is 1. The summed E-state index contributed by atoms with van der Waals surface area (Å²) in [4.78, 5) is 39.9. The van der Waals surface area contributed by atoms with Crippen LogP contribution < -0.4 is 5.32 Å². The van der Waals surface area contributed by atoms with E-state index in [0.717, 1.165) is 12.8 Å². The van der Waals surface area contributed by atoms with Gasteiger partial charge in [0, 0.05) is 6.54 Å². The lowest BCUT2D eigenvalue weighted by Gasteiger charge is -2.37. The fourth-order valence-corrected chi connectivity index (χ4v) is 4.19. The Morgan fingerprint density at radius 2 is 2.24 bits per heavy atom. The van der Waals surface area contributed by atoms with Crippen molar-refractivity contribution in [3.05, 3.63) is 22.4 Å². The number of carbonyl (C=O) groups is 3. The predicted molar refractivity (Wildman–Crippen MR) is 94.5 cm³/mol. The molecule has 2 saturated heterocycles. The van der Waals surface area contributed by atoms with Crippen LogP contribution in [0.3, 0.4) is 0 Å². The fraction of sp³-hybridized carbons (Fsp3) is 0.611. The lowest BCUT2D eigenvalue weighted by Crippen LogP contribution is -2.58. The number of thiophene rings is 1. The number of amides is 2. The van der Waals surface area contributed by atoms with E-state index in [-0.39, 0.29) is 36.2 Å². The van der Waals surface area contributed by atoms with Crippen molar-refractivity contribution in [1.82, 2.24) is 10.2 Å². The molecule has 1 aromatic rings. The maximum atomic E-state index is 13.1. The molecule has 7 heteroatoms. The van der Waals surface area contributed by atoms with Crippen LogP contribution in [0.5, 0.6) is 0 Å². The molecule has 0 aromatic carbocycles. The zero-order valence-electron chi connectivity index (χ0n) is 14.6. The number of piperidine rings is 1. The Kier molecular flexibility index (Phi) is 5.54. The normalized spacial score (nSPS) is 24.3. The number of hydrogen-bond acceptors (Lipinski definition) is 5. The number of Topliss-reactive ketones (excluding diaryl/α,β-unsaturated/α-hetero) is 1. The molecule has 1 aromatic heterocycles. The van der Waals surface area contributed by atoms with Crippen molar-refractivity contribution in [1.29, 1.82) is 0 Å². The Labute approximate surface area is 151 Å². The summed E-state index contributed by atoms with van der Waals surface area (Å²) in [6.45, 7) is 4.65. The minimum Gasteiger partial charge on any atom is -0.368 e. The number of hydrogen-bond donors (Lipinski definition) is 1. The number of ether oxygens (including phenoxy) is 1. The monoisotopic (exact) mass is 364 g/mol. The quantitative estimate of drug-likeness (QED) is 0.865. The summed E-state index contributed by atoms with van der Waals surface area (Å²) in [6.07, 6.45) is 1.96. The lowest BCUT2D eigenvalue weighted by atomic mass is 9.95. The van der Waals surface area contributed by atoms with E-state index in [9.17, 15) is 14.4 Å². The van der Waals surface area contributed by atoms with Crippen LogP contribution in [0, 0.1) is 5.92 Å². The van der Waals surface area contributed by atoms with Gasteiger partial charge in [0.1, 0.15) is 18.7 Å². The van der Waals surface area contributed by atoms with Gasteiger partial charge in [-0.1, -0.05) is 19.9 Å². The second kappa shape index (κ2) is 7.66. The van der Waals surface area contributed by atoms with E-state index in [1.54, 1.807) is 11.0 Å². The first-order valence-corrected chi connectivity index (χ1v) is 9.64. The third-order valence-electron chi connectivity index (χ3n) is 4.68. The summed E-state index contributed by atoms with van der Waals surface area (Å²) < 4.78 is 5.52. The van der Waals surface area contributed by atoms with Crippen molar-refractivity contribution >= 4 is 28.9 Å². The summed E-state index contributed by atoms with van der Waals surface area (Å²) in [6, 6.07) is 2.43. The predicted octanol–water partition coefficient (Wildman–Crippen LogP) is 1.85. The van der Waals surface area contributed by atoms with Gasteiger partial charge < -0.3 is 15.0 Å². The molecule has 136 valence electrons. The second-order valence-electron chi connectivity index (χ2n) is 7.07. The van der Waals surface area contributed by atoms with Gasteiger partial charge >= 0.3 is 0 Å². The first-order chi connectivity index (χ1) is 12.0. The van der Waals surface area contributed by atoms with Crippen molar-refractivity contribution in [2.45, 2.75) is 51.3 Å². The highest BCUT2D eigenvalue weighted by atomic mass is 32.1. The van der Waals surface area contributed by atoms with E-state index >= 15 is 0 Å². The van der Waals surface area contributed by atoms with Gasteiger partial charge in [-0.2, -0.15) is 0 Å². The van der Waals surface area contributed by atoms with Gasteiger partial charge in [0.15, 0.2) is 5.78 Å². The molecule has 0 aliphatic carbocycles. The second-order valence-corrected chi connectivity index (χ2v) is 8.02. The molecule has 2 fully saturated rings. The third-order valence-corrected chi connectivity index (χ3v) is 5.55. The minimum atomic E-state index is -0.623. The zero-order chi connectivity index (χ0) is 18.0. The molecular formula is C18H24N2O4S. The summed E-state index contributed by atoms with van der Waals surface area (Å²) in [5.41, 5.74) is 0. The van der Waals surface area contributed by atoms with Gasteiger partial charge in [0.05, 0.1) is 11.0 Å². The van der Waals surface area contributed by atoms with Crippen LogP contribution in [0.25, 0.3) is 0 Å². The fourth-order valence-electron chi connectivity index (χ4n) is 3.57. The van der Waals surface area contributed by atoms with E-state index in [0.29, 0.717) is 17.8 Å². The third kappa shape index (κ3) is 3.93. The van der Waals surface area contributed by atoms with Crippen molar-refractivity contribution in [2.75, 3.05) is 13.2 Å². The van der Waals surface area contributed by atoms with E-state index in [2.05, 4.69) is 5.32 Å². The number of nitrogens with zero attached hydrogens (tertiary/aromatic N) is 1. The molecule has 3 heterocycles. The molecule has 0 bridgehead atoms. The van der Waals surface area contributed by atoms with Crippen LogP contribution in [0.1, 0.15) is 42.8 Å². The minimum absolute atomic E-state index is 0.0362. The lowest BCUT2D eigenvalue weighted by molar-refractivity contribution is -0.142. The summed E-state index contributed by atoms with van der Waals surface area (Å²) in [7, 11) is 0. The maximum absolute atomic E-state index is 13.1.